The Morgan fingerprint density at radius 1 is 1.03 bits per heavy atom. The highest BCUT2D eigenvalue weighted by Gasteiger charge is 2.33. The van der Waals surface area contributed by atoms with Crippen LogP contribution in [0.15, 0.2) is 53.4 Å². The second-order valence-electron chi connectivity index (χ2n) is 7.43. The predicted octanol–water partition coefficient (Wildman–Crippen LogP) is 3.66. The number of amides is 1. The molecule has 34 heavy (non-hydrogen) atoms. The van der Waals surface area contributed by atoms with E-state index < -0.39 is 21.8 Å². The number of hydrogen-bond donors (Lipinski definition) is 0. The van der Waals surface area contributed by atoms with Crippen molar-refractivity contribution in [1.82, 2.24) is 9.21 Å². The number of carbonyl (C=O) groups excluding carboxylic acids is 1. The second-order valence-corrected chi connectivity index (χ2v) is 9.37. The van der Waals surface area contributed by atoms with Crippen LogP contribution in [0.5, 0.6) is 11.5 Å². The van der Waals surface area contributed by atoms with Crippen LogP contribution in [0.1, 0.15) is 18.1 Å². The minimum Gasteiger partial charge on any atom is -0.493 e. The molecule has 1 aliphatic heterocycles. The van der Waals surface area contributed by atoms with E-state index >= 15 is 0 Å². The summed E-state index contributed by atoms with van der Waals surface area (Å²) < 4.78 is 75.7. The first kappa shape index (κ1) is 25.6. The summed E-state index contributed by atoms with van der Waals surface area (Å²) in [6.07, 6.45) is -1.51. The zero-order chi connectivity index (χ0) is 24.9. The fourth-order valence-corrected chi connectivity index (χ4v) is 4.87. The molecule has 0 unspecified atom stereocenters. The Bertz CT molecular complexity index is 1140. The molecule has 1 heterocycles. The minimum atomic E-state index is -4.54. The SMILES string of the molecule is CCOc1ccc(/C=C/C(=O)N2CCN(S(=O)(=O)c3ccc(C(F)(F)F)cc3)CC2)cc1OC. The van der Waals surface area contributed by atoms with Gasteiger partial charge in [0, 0.05) is 32.3 Å². The van der Waals surface area contributed by atoms with Crippen molar-refractivity contribution in [3.8, 4) is 11.5 Å². The van der Waals surface area contributed by atoms with Gasteiger partial charge in [0.25, 0.3) is 0 Å². The van der Waals surface area contributed by atoms with Crippen molar-refractivity contribution >= 4 is 22.0 Å². The lowest BCUT2D eigenvalue weighted by atomic mass is 10.2. The zero-order valence-electron chi connectivity index (χ0n) is 18.7. The number of piperazine rings is 1. The van der Waals surface area contributed by atoms with Crippen LogP contribution in [0.4, 0.5) is 13.2 Å². The Morgan fingerprint density at radius 3 is 2.24 bits per heavy atom. The maximum absolute atomic E-state index is 12.8. The van der Waals surface area contributed by atoms with Crippen molar-refractivity contribution in [1.29, 1.82) is 0 Å². The number of methoxy groups -OCH3 is 1. The Balaban J connectivity index is 1.61. The molecule has 1 amide bonds. The van der Waals surface area contributed by atoms with Crippen LogP contribution in [-0.4, -0.2) is 63.4 Å². The van der Waals surface area contributed by atoms with E-state index in [4.69, 9.17) is 9.47 Å². The van der Waals surface area contributed by atoms with E-state index in [0.717, 1.165) is 29.8 Å². The highest BCUT2D eigenvalue weighted by atomic mass is 32.2. The first-order valence-electron chi connectivity index (χ1n) is 10.5. The van der Waals surface area contributed by atoms with Gasteiger partial charge in [-0.2, -0.15) is 17.5 Å². The monoisotopic (exact) mass is 498 g/mol. The first-order chi connectivity index (χ1) is 16.1. The summed E-state index contributed by atoms with van der Waals surface area (Å²) in [6.45, 7) is 2.76. The van der Waals surface area contributed by atoms with Crippen molar-refractivity contribution < 1.29 is 35.9 Å². The molecule has 0 aliphatic carbocycles. The maximum atomic E-state index is 12.8. The number of rotatable bonds is 7. The Labute approximate surface area is 196 Å². The van der Waals surface area contributed by atoms with Crippen LogP contribution in [0, 0.1) is 0 Å². The molecule has 0 saturated carbocycles. The van der Waals surface area contributed by atoms with Gasteiger partial charge in [0.2, 0.25) is 15.9 Å². The van der Waals surface area contributed by atoms with E-state index in [1.165, 1.54) is 22.4 Å². The van der Waals surface area contributed by atoms with E-state index in [1.807, 2.05) is 6.92 Å². The van der Waals surface area contributed by atoms with Crippen molar-refractivity contribution in [3.05, 3.63) is 59.7 Å². The molecule has 7 nitrogen and oxygen atoms in total. The fourth-order valence-electron chi connectivity index (χ4n) is 3.45. The number of carbonyl (C=O) groups is 1. The molecular weight excluding hydrogens is 473 g/mol. The van der Waals surface area contributed by atoms with Crippen molar-refractivity contribution in [2.45, 2.75) is 18.0 Å². The smallest absolute Gasteiger partial charge is 0.416 e. The molecule has 0 spiro atoms. The van der Waals surface area contributed by atoms with Gasteiger partial charge in [-0.15, -0.1) is 0 Å². The molecule has 1 fully saturated rings. The van der Waals surface area contributed by atoms with Gasteiger partial charge in [0.05, 0.1) is 24.2 Å². The van der Waals surface area contributed by atoms with Gasteiger partial charge < -0.3 is 14.4 Å². The summed E-state index contributed by atoms with van der Waals surface area (Å²) in [6, 6.07) is 8.65. The molecule has 0 aromatic heterocycles. The molecule has 0 radical (unpaired) electrons. The molecule has 0 atom stereocenters. The molecular formula is C23H25F3N2O5S. The topological polar surface area (TPSA) is 76.2 Å². The molecule has 2 aromatic carbocycles. The highest BCUT2D eigenvalue weighted by molar-refractivity contribution is 7.89. The molecule has 11 heteroatoms. The standard InChI is InChI=1S/C23H25F3N2O5S/c1-3-33-20-10-4-17(16-21(20)32-2)5-11-22(29)27-12-14-28(15-13-27)34(30,31)19-8-6-18(7-9-19)23(24,25)26/h4-11,16H,3,12-15H2,1-2H3/b11-5+. The van der Waals surface area contributed by atoms with E-state index in [0.29, 0.717) is 18.1 Å². The number of nitrogens with zero attached hydrogens (tertiary/aromatic N) is 2. The summed E-state index contributed by atoms with van der Waals surface area (Å²) >= 11 is 0. The number of sulfonamides is 1. The highest BCUT2D eigenvalue weighted by Crippen LogP contribution is 2.31. The molecule has 3 rings (SSSR count). The van der Waals surface area contributed by atoms with Crippen LogP contribution >= 0.6 is 0 Å². The average molecular weight is 499 g/mol. The number of ether oxygens (including phenoxy) is 2. The lowest BCUT2D eigenvalue weighted by Crippen LogP contribution is -2.50. The Kier molecular flexibility index (Phi) is 7.88. The van der Waals surface area contributed by atoms with Crippen LogP contribution in [0.2, 0.25) is 0 Å². The largest absolute Gasteiger partial charge is 0.493 e. The first-order valence-corrected chi connectivity index (χ1v) is 12.0. The maximum Gasteiger partial charge on any atom is 0.416 e. The van der Waals surface area contributed by atoms with E-state index in [1.54, 1.807) is 24.3 Å². The van der Waals surface area contributed by atoms with E-state index in [2.05, 4.69) is 0 Å². The molecule has 0 bridgehead atoms. The molecule has 0 N–H and O–H groups in total. The quantitative estimate of drug-likeness (QED) is 0.545. The van der Waals surface area contributed by atoms with Crippen molar-refractivity contribution in [2.24, 2.45) is 0 Å². The third kappa shape index (κ3) is 5.89. The molecule has 1 saturated heterocycles. The van der Waals surface area contributed by atoms with E-state index in [-0.39, 0.29) is 37.0 Å². The number of halogens is 3. The summed E-state index contributed by atoms with van der Waals surface area (Å²) in [5, 5.41) is 0. The average Bonchev–Trinajstić information content (AvgIpc) is 2.83. The van der Waals surface area contributed by atoms with Crippen molar-refractivity contribution in [2.75, 3.05) is 39.9 Å². The molecule has 184 valence electrons. The van der Waals surface area contributed by atoms with Gasteiger partial charge in [0.15, 0.2) is 11.5 Å². The van der Waals surface area contributed by atoms with E-state index in [9.17, 15) is 26.4 Å². The number of hydrogen-bond acceptors (Lipinski definition) is 5. The second kappa shape index (κ2) is 10.5. The predicted molar refractivity (Wildman–Crippen MR) is 120 cm³/mol. The van der Waals surface area contributed by atoms with Gasteiger partial charge in [-0.25, -0.2) is 8.42 Å². The van der Waals surface area contributed by atoms with Crippen LogP contribution in [0.25, 0.3) is 6.08 Å². The summed E-state index contributed by atoms with van der Waals surface area (Å²) in [5.41, 5.74) is -0.184. The van der Waals surface area contributed by atoms with Gasteiger partial charge in [-0.05, 0) is 55.0 Å². The summed E-state index contributed by atoms with van der Waals surface area (Å²) in [4.78, 5) is 13.9. The van der Waals surface area contributed by atoms with Gasteiger partial charge in [-0.1, -0.05) is 6.07 Å². The fraction of sp³-hybridized carbons (Fsp3) is 0.348. The van der Waals surface area contributed by atoms with Gasteiger partial charge in [-0.3, -0.25) is 4.79 Å². The normalized spacial score (nSPS) is 15.5. The number of alkyl halides is 3. The lowest BCUT2D eigenvalue weighted by molar-refractivity contribution is -0.137. The Hall–Kier alpha value is -3.05. The third-order valence-corrected chi connectivity index (χ3v) is 7.19. The minimum absolute atomic E-state index is 0.0415. The molecule has 2 aromatic rings. The third-order valence-electron chi connectivity index (χ3n) is 5.28. The van der Waals surface area contributed by atoms with Crippen LogP contribution in [-0.2, 0) is 21.0 Å². The Morgan fingerprint density at radius 2 is 1.68 bits per heavy atom. The van der Waals surface area contributed by atoms with Gasteiger partial charge >= 0.3 is 6.18 Å². The molecule has 1 aliphatic rings. The van der Waals surface area contributed by atoms with Crippen LogP contribution in [0.3, 0.4) is 0 Å². The van der Waals surface area contributed by atoms with Crippen LogP contribution < -0.4 is 9.47 Å². The number of benzene rings is 2. The van der Waals surface area contributed by atoms with Gasteiger partial charge in [0.1, 0.15) is 0 Å². The summed E-state index contributed by atoms with van der Waals surface area (Å²) in [5.74, 6) is 0.858. The summed E-state index contributed by atoms with van der Waals surface area (Å²) in [7, 11) is -2.44. The lowest BCUT2D eigenvalue weighted by Gasteiger charge is -2.33. The van der Waals surface area contributed by atoms with Crippen molar-refractivity contribution in [3.63, 3.8) is 0 Å². The zero-order valence-corrected chi connectivity index (χ0v) is 19.5.